The van der Waals surface area contributed by atoms with Gasteiger partial charge in [-0.3, -0.25) is 0 Å². The summed E-state index contributed by atoms with van der Waals surface area (Å²) >= 11 is 0. The van der Waals surface area contributed by atoms with Crippen LogP contribution in [0.2, 0.25) is 0 Å². The number of anilines is 3. The lowest BCUT2D eigenvalue weighted by molar-refractivity contribution is 0.660. The second kappa shape index (κ2) is 14.3. The molecule has 13 rings (SSSR count). The molecule has 0 aromatic heterocycles. The largest absolute Gasteiger partial charge is 0.309 e. The van der Waals surface area contributed by atoms with Gasteiger partial charge < -0.3 is 4.90 Å². The third-order valence-corrected chi connectivity index (χ3v) is 14.7. The number of hydrogen-bond acceptors (Lipinski definition) is 1. The Hall–Kier alpha value is -8.00. The summed E-state index contributed by atoms with van der Waals surface area (Å²) in [7, 11) is 0. The fourth-order valence-electron chi connectivity index (χ4n) is 12.0. The van der Waals surface area contributed by atoms with E-state index in [1.807, 2.05) is 0 Å². The third kappa shape index (κ3) is 5.27. The molecule has 3 aliphatic rings. The van der Waals surface area contributed by atoms with Crippen LogP contribution < -0.4 is 4.90 Å². The summed E-state index contributed by atoms with van der Waals surface area (Å²) in [6.45, 7) is 4.77. The number of hydrogen-bond donors (Lipinski definition) is 0. The van der Waals surface area contributed by atoms with E-state index in [1.54, 1.807) is 0 Å². The van der Waals surface area contributed by atoms with Gasteiger partial charge in [0.1, 0.15) is 0 Å². The van der Waals surface area contributed by atoms with Crippen LogP contribution in [0.15, 0.2) is 237 Å². The monoisotopic (exact) mass is 827 g/mol. The topological polar surface area (TPSA) is 3.24 Å². The molecule has 0 saturated carbocycles. The first-order valence-corrected chi connectivity index (χ1v) is 22.9. The van der Waals surface area contributed by atoms with Gasteiger partial charge in [0.2, 0.25) is 0 Å². The average molecular weight is 828 g/mol. The zero-order valence-corrected chi connectivity index (χ0v) is 36.5. The van der Waals surface area contributed by atoms with Gasteiger partial charge >= 0.3 is 0 Å². The van der Waals surface area contributed by atoms with Crippen LogP contribution in [0.4, 0.5) is 17.1 Å². The van der Waals surface area contributed by atoms with Gasteiger partial charge in [-0.05, 0) is 113 Å². The Labute approximate surface area is 381 Å². The highest BCUT2D eigenvalue weighted by Gasteiger charge is 2.53. The maximum atomic E-state index is 2.61. The quantitative estimate of drug-likeness (QED) is 0.161. The van der Waals surface area contributed by atoms with Crippen molar-refractivity contribution < 1.29 is 0 Å². The van der Waals surface area contributed by atoms with Crippen molar-refractivity contribution in [3.8, 4) is 66.8 Å². The minimum Gasteiger partial charge on any atom is -0.309 e. The van der Waals surface area contributed by atoms with E-state index < -0.39 is 5.41 Å². The SMILES string of the molecule is CC1(C)c2ccccc2-c2c(-c3c(-c4ccccc4)cccc3N(c3cccc(-c4ccccc4)c3)c3cccc4c3C3(c5ccccc5-c5ccccc53)c3ccccc3-4)cccc21. The molecule has 0 N–H and O–H groups in total. The van der Waals surface area contributed by atoms with Crippen LogP contribution in [0.1, 0.15) is 47.2 Å². The van der Waals surface area contributed by atoms with Crippen LogP contribution in [0.25, 0.3) is 66.8 Å². The summed E-state index contributed by atoms with van der Waals surface area (Å²) in [5.41, 5.74) is 25.7. The summed E-state index contributed by atoms with van der Waals surface area (Å²) in [5, 5.41) is 0. The molecule has 0 amide bonds. The third-order valence-electron chi connectivity index (χ3n) is 14.7. The number of fused-ring (bicyclic) bond motifs is 13. The highest BCUT2D eigenvalue weighted by molar-refractivity contribution is 6.06. The van der Waals surface area contributed by atoms with Crippen LogP contribution in [0.5, 0.6) is 0 Å². The van der Waals surface area contributed by atoms with Crippen molar-refractivity contribution in [2.45, 2.75) is 24.7 Å². The predicted octanol–water partition coefficient (Wildman–Crippen LogP) is 16.8. The van der Waals surface area contributed by atoms with E-state index >= 15 is 0 Å². The maximum absolute atomic E-state index is 2.61. The lowest BCUT2D eigenvalue weighted by Crippen LogP contribution is -2.28. The molecule has 65 heavy (non-hydrogen) atoms. The Morgan fingerprint density at radius 3 is 1.40 bits per heavy atom. The zero-order valence-electron chi connectivity index (χ0n) is 36.5. The van der Waals surface area contributed by atoms with Gasteiger partial charge in [0.25, 0.3) is 0 Å². The van der Waals surface area contributed by atoms with E-state index in [0.29, 0.717) is 0 Å². The Balaban J connectivity index is 1.18. The Kier molecular flexibility index (Phi) is 8.24. The molecule has 0 bridgehead atoms. The molecule has 1 nitrogen and oxygen atoms in total. The molecule has 0 radical (unpaired) electrons. The molecule has 0 unspecified atom stereocenters. The first-order chi connectivity index (χ1) is 32.0. The molecule has 0 heterocycles. The van der Waals surface area contributed by atoms with E-state index in [-0.39, 0.29) is 5.41 Å². The molecule has 1 heteroatoms. The maximum Gasteiger partial charge on any atom is 0.0746 e. The molecule has 0 fully saturated rings. The molecule has 10 aromatic carbocycles. The number of nitrogens with zero attached hydrogens (tertiary/aromatic N) is 1. The van der Waals surface area contributed by atoms with Gasteiger partial charge in [-0.2, -0.15) is 0 Å². The standard InChI is InChI=1S/C64H45N/c1-63(2)53-34-13-12-30-51(53)60-52(33-18-38-57(60)63)61-46(43-23-7-4-8-24-43)31-19-39-58(61)65(45-26-17-25-44(41-45)42-21-5-3-6-22-42)59-40-20-32-50-49-29-11-16-37-56(49)64(62(50)59)54-35-14-9-27-47(54)48-28-10-15-36-55(48)64/h3-41H,1-2H3. The molecule has 306 valence electrons. The molecule has 0 atom stereocenters. The molecule has 0 saturated heterocycles. The van der Waals surface area contributed by atoms with Crippen LogP contribution in [0.3, 0.4) is 0 Å². The van der Waals surface area contributed by atoms with Gasteiger partial charge in [0.05, 0.1) is 16.8 Å². The number of rotatable bonds is 6. The summed E-state index contributed by atoms with van der Waals surface area (Å²) in [4.78, 5) is 2.61. The van der Waals surface area contributed by atoms with E-state index in [0.717, 1.165) is 17.1 Å². The van der Waals surface area contributed by atoms with Crippen molar-refractivity contribution in [3.63, 3.8) is 0 Å². The Morgan fingerprint density at radius 1 is 0.292 bits per heavy atom. The molecule has 10 aromatic rings. The Morgan fingerprint density at radius 2 is 0.738 bits per heavy atom. The molecule has 1 spiro atoms. The summed E-state index contributed by atoms with van der Waals surface area (Å²) < 4.78 is 0. The first kappa shape index (κ1) is 37.5. The first-order valence-electron chi connectivity index (χ1n) is 22.9. The normalized spacial score (nSPS) is 13.9. The minimum atomic E-state index is -0.556. The number of benzene rings is 10. The average Bonchev–Trinajstić information content (AvgIpc) is 3.94. The summed E-state index contributed by atoms with van der Waals surface area (Å²) in [6, 6.07) is 88.5. The van der Waals surface area contributed by atoms with Gasteiger partial charge in [-0.1, -0.05) is 226 Å². The lowest BCUT2D eigenvalue weighted by Gasteiger charge is -2.37. The predicted molar refractivity (Wildman–Crippen MR) is 271 cm³/mol. The minimum absolute atomic E-state index is 0.158. The van der Waals surface area contributed by atoms with Crippen LogP contribution >= 0.6 is 0 Å². The Bertz CT molecular complexity index is 3460. The van der Waals surface area contributed by atoms with Crippen molar-refractivity contribution in [2.24, 2.45) is 0 Å². The van der Waals surface area contributed by atoms with Crippen molar-refractivity contribution in [1.29, 1.82) is 0 Å². The summed E-state index contributed by atoms with van der Waals surface area (Å²) in [5.74, 6) is 0. The van der Waals surface area contributed by atoms with Crippen LogP contribution in [-0.2, 0) is 10.8 Å². The van der Waals surface area contributed by atoms with Crippen molar-refractivity contribution in [3.05, 3.63) is 270 Å². The summed E-state index contributed by atoms with van der Waals surface area (Å²) in [6.07, 6.45) is 0. The van der Waals surface area contributed by atoms with Gasteiger partial charge in [-0.25, -0.2) is 0 Å². The molecular formula is C64H45N. The van der Waals surface area contributed by atoms with Crippen molar-refractivity contribution in [2.75, 3.05) is 4.90 Å². The lowest BCUT2D eigenvalue weighted by atomic mass is 9.70. The van der Waals surface area contributed by atoms with Gasteiger partial charge in [-0.15, -0.1) is 0 Å². The van der Waals surface area contributed by atoms with Crippen molar-refractivity contribution >= 4 is 17.1 Å². The molecular weight excluding hydrogens is 783 g/mol. The van der Waals surface area contributed by atoms with Crippen LogP contribution in [0, 0.1) is 0 Å². The molecule has 3 aliphatic carbocycles. The second-order valence-corrected chi connectivity index (χ2v) is 18.3. The smallest absolute Gasteiger partial charge is 0.0746 e. The fourth-order valence-corrected chi connectivity index (χ4v) is 12.0. The second-order valence-electron chi connectivity index (χ2n) is 18.3. The zero-order chi connectivity index (χ0) is 43.3. The van der Waals surface area contributed by atoms with Gasteiger partial charge in [0, 0.05) is 22.2 Å². The van der Waals surface area contributed by atoms with E-state index in [9.17, 15) is 0 Å². The van der Waals surface area contributed by atoms with Gasteiger partial charge in [0.15, 0.2) is 0 Å². The van der Waals surface area contributed by atoms with E-state index in [1.165, 1.54) is 100 Å². The van der Waals surface area contributed by atoms with Crippen LogP contribution in [-0.4, -0.2) is 0 Å². The highest BCUT2D eigenvalue weighted by atomic mass is 15.2. The highest BCUT2D eigenvalue weighted by Crippen LogP contribution is 2.66. The van der Waals surface area contributed by atoms with E-state index in [2.05, 4.69) is 255 Å². The fraction of sp³-hybridized carbons (Fsp3) is 0.0625. The van der Waals surface area contributed by atoms with Crippen molar-refractivity contribution in [1.82, 2.24) is 0 Å². The molecule has 0 aliphatic heterocycles. The van der Waals surface area contributed by atoms with E-state index in [4.69, 9.17) is 0 Å².